The van der Waals surface area contributed by atoms with E-state index in [4.69, 9.17) is 23.8 Å². The largest absolute Gasteiger partial charge is 0.494 e. The highest BCUT2D eigenvalue weighted by Gasteiger charge is 2.52. The van der Waals surface area contributed by atoms with Crippen LogP contribution >= 0.6 is 11.3 Å². The fourth-order valence-corrected chi connectivity index (χ4v) is 9.40. The molecule has 9 rings (SSSR count). The number of carbonyl (C=O) groups is 2. The van der Waals surface area contributed by atoms with Crippen LogP contribution in [0.15, 0.2) is 54.7 Å². The van der Waals surface area contributed by atoms with E-state index in [1.807, 2.05) is 59.7 Å². The van der Waals surface area contributed by atoms with Crippen LogP contribution in [0.4, 0.5) is 9.18 Å². The van der Waals surface area contributed by atoms with Crippen LogP contribution in [0.1, 0.15) is 101 Å². The minimum atomic E-state index is -0.744. The Balaban J connectivity index is 1.07. The zero-order chi connectivity index (χ0) is 39.3. The van der Waals surface area contributed by atoms with Crippen LogP contribution < -0.4 is 15.5 Å². The number of nitrogens with zero attached hydrogens (tertiary/aromatic N) is 3. The van der Waals surface area contributed by atoms with E-state index in [-0.39, 0.29) is 17.9 Å². The standard InChI is InChI=1S/C42H47BFN5O6S/c1-22(2)36(47-40(51)52-7)38(50)48-16-8-9-30(48)37-45-21-28(46-37)24-18-27(44)35-31-19-25-17-26(43-54-41(3,4)42(5,6)55-43)12-13-29(25)49(31)39(53-32(35)20-24)34-15-14-33(56-34)23-10-11-23/h12-15,17-23,30,36,39H,8-11,16H2,1-7H3,(H,45,46)(H,47,51)/t30-,36-,39?/m0/s1. The molecule has 11 nitrogen and oxygen atoms in total. The zero-order valence-corrected chi connectivity index (χ0v) is 33.6. The Hall–Kier alpha value is -4.66. The summed E-state index contributed by atoms with van der Waals surface area (Å²) in [6.45, 7) is 12.5. The van der Waals surface area contributed by atoms with E-state index in [1.54, 1.807) is 22.4 Å². The lowest BCUT2D eigenvalue weighted by molar-refractivity contribution is -0.135. The van der Waals surface area contributed by atoms with Gasteiger partial charge in [-0.15, -0.1) is 11.3 Å². The summed E-state index contributed by atoms with van der Waals surface area (Å²) in [4.78, 5) is 38.0. The first kappa shape index (κ1) is 37.0. The number of H-pyrrole nitrogens is 1. The van der Waals surface area contributed by atoms with Gasteiger partial charge in [0.25, 0.3) is 0 Å². The number of methoxy groups -OCH3 is 1. The van der Waals surface area contributed by atoms with E-state index >= 15 is 4.39 Å². The number of alkyl carbamates (subject to hydrolysis) is 1. The van der Waals surface area contributed by atoms with Gasteiger partial charge in [0.15, 0.2) is 0 Å². The number of likely N-dealkylation sites (tertiary alicyclic amines) is 1. The number of hydrogen-bond donors (Lipinski definition) is 2. The van der Waals surface area contributed by atoms with Gasteiger partial charge in [-0.1, -0.05) is 26.0 Å². The van der Waals surface area contributed by atoms with E-state index in [2.05, 4.69) is 39.1 Å². The summed E-state index contributed by atoms with van der Waals surface area (Å²) in [5, 5.41) is 3.63. The van der Waals surface area contributed by atoms with E-state index < -0.39 is 42.5 Å². The monoisotopic (exact) mass is 779 g/mol. The van der Waals surface area contributed by atoms with Crippen LogP contribution in [0.2, 0.25) is 0 Å². The molecule has 5 aromatic rings. The highest BCUT2D eigenvalue weighted by Crippen LogP contribution is 2.50. The molecular formula is C42H47BFN5O6S. The second-order valence-electron chi connectivity index (χ2n) is 16.9. The number of benzene rings is 2. The number of nitrogens with one attached hydrogen (secondary N) is 2. The Labute approximate surface area is 330 Å². The lowest BCUT2D eigenvalue weighted by Gasteiger charge is -2.32. The molecule has 3 fully saturated rings. The predicted octanol–water partition coefficient (Wildman–Crippen LogP) is 8.06. The van der Waals surface area contributed by atoms with Crippen molar-refractivity contribution in [1.29, 1.82) is 0 Å². The number of carbonyl (C=O) groups excluding carboxylic acids is 2. The van der Waals surface area contributed by atoms with Crippen LogP contribution in [-0.4, -0.2) is 69.5 Å². The SMILES string of the molecule is COC(=O)N[C@H](C(=O)N1CCC[C@H]1c1ncc(-c2cc(F)c3c(c2)OC(c2ccc(C4CC4)s2)n2c-3cc3cc(B4OC(C)(C)C(C)(C)O4)ccc32)[nH]1)C(C)C. The molecule has 56 heavy (non-hydrogen) atoms. The number of aromatic amines is 1. The van der Waals surface area contributed by atoms with Gasteiger partial charge < -0.3 is 34.0 Å². The van der Waals surface area contributed by atoms with Gasteiger partial charge >= 0.3 is 13.2 Å². The Morgan fingerprint density at radius 1 is 1.04 bits per heavy atom. The molecule has 292 valence electrons. The van der Waals surface area contributed by atoms with Crippen molar-refractivity contribution in [1.82, 2.24) is 24.8 Å². The number of aromatic nitrogens is 3. The lowest BCUT2D eigenvalue weighted by atomic mass is 9.78. The number of hydrogen-bond acceptors (Lipinski definition) is 8. The summed E-state index contributed by atoms with van der Waals surface area (Å²) < 4.78 is 43.2. The topological polar surface area (TPSA) is 120 Å². The Morgan fingerprint density at radius 2 is 1.79 bits per heavy atom. The maximum atomic E-state index is 16.7. The Bertz CT molecular complexity index is 2350. The zero-order valence-electron chi connectivity index (χ0n) is 32.8. The number of imidazole rings is 1. The smallest absolute Gasteiger partial charge is 0.464 e. The third-order valence-corrected chi connectivity index (χ3v) is 13.5. The van der Waals surface area contributed by atoms with Crippen molar-refractivity contribution in [3.05, 3.63) is 76.1 Å². The number of halogens is 1. The van der Waals surface area contributed by atoms with E-state index in [9.17, 15) is 9.59 Å². The summed E-state index contributed by atoms with van der Waals surface area (Å²) in [6.07, 6.45) is 4.41. The fraction of sp³-hybridized carbons (Fsp3) is 0.452. The van der Waals surface area contributed by atoms with Gasteiger partial charge in [0, 0.05) is 22.4 Å². The molecule has 2 saturated heterocycles. The minimum absolute atomic E-state index is 0.150. The number of fused-ring (bicyclic) bond motifs is 5. The van der Waals surface area contributed by atoms with Crippen molar-refractivity contribution >= 4 is 46.8 Å². The van der Waals surface area contributed by atoms with Gasteiger partial charge in [-0.25, -0.2) is 14.2 Å². The van der Waals surface area contributed by atoms with Crippen molar-refractivity contribution in [2.45, 2.75) is 103 Å². The van der Waals surface area contributed by atoms with Crippen LogP contribution in [0.5, 0.6) is 5.75 Å². The first-order valence-electron chi connectivity index (χ1n) is 19.5. The first-order chi connectivity index (χ1) is 26.7. The molecule has 3 atom stereocenters. The molecule has 4 aliphatic rings. The van der Waals surface area contributed by atoms with Crippen molar-refractivity contribution in [2.24, 2.45) is 5.92 Å². The third kappa shape index (κ3) is 6.20. The molecule has 2 aromatic carbocycles. The predicted molar refractivity (Wildman–Crippen MR) is 214 cm³/mol. The third-order valence-electron chi connectivity index (χ3n) is 12.2. The molecular weight excluding hydrogens is 732 g/mol. The van der Waals surface area contributed by atoms with Crippen LogP contribution in [0.25, 0.3) is 33.4 Å². The highest BCUT2D eigenvalue weighted by molar-refractivity contribution is 7.12. The summed E-state index contributed by atoms with van der Waals surface area (Å²) in [5.74, 6) is 0.879. The lowest BCUT2D eigenvalue weighted by Crippen LogP contribution is -2.51. The van der Waals surface area contributed by atoms with Crippen molar-refractivity contribution in [2.75, 3.05) is 13.7 Å². The molecule has 14 heteroatoms. The molecule has 1 saturated carbocycles. The maximum absolute atomic E-state index is 16.7. The van der Waals surface area contributed by atoms with Crippen LogP contribution in [0.3, 0.4) is 0 Å². The molecule has 1 aliphatic carbocycles. The second-order valence-corrected chi connectivity index (χ2v) is 18.0. The van der Waals surface area contributed by atoms with E-state index in [0.717, 1.165) is 33.4 Å². The second kappa shape index (κ2) is 13.5. The number of thiophene rings is 1. The quantitative estimate of drug-likeness (QED) is 0.153. The molecule has 0 radical (unpaired) electrons. The highest BCUT2D eigenvalue weighted by atomic mass is 32.1. The van der Waals surface area contributed by atoms with Gasteiger partial charge in [-0.3, -0.25) is 9.36 Å². The molecule has 3 aromatic heterocycles. The van der Waals surface area contributed by atoms with Gasteiger partial charge in [0.1, 0.15) is 23.4 Å². The molecule has 0 spiro atoms. The van der Waals surface area contributed by atoms with Gasteiger partial charge in [-0.2, -0.15) is 0 Å². The van der Waals surface area contributed by atoms with Crippen molar-refractivity contribution in [3.63, 3.8) is 0 Å². The fourth-order valence-electron chi connectivity index (χ4n) is 8.20. The minimum Gasteiger partial charge on any atom is -0.464 e. The molecule has 2 amide bonds. The molecule has 1 unspecified atom stereocenters. The number of ether oxygens (including phenoxy) is 2. The van der Waals surface area contributed by atoms with Gasteiger partial charge in [-0.05, 0) is 107 Å². The molecule has 0 bridgehead atoms. The van der Waals surface area contributed by atoms with Crippen molar-refractivity contribution in [3.8, 4) is 28.3 Å². The number of rotatable bonds is 8. The molecule has 2 N–H and O–H groups in total. The summed E-state index contributed by atoms with van der Waals surface area (Å²) >= 11 is 1.76. The normalized spacial score (nSPS) is 21.6. The average molecular weight is 780 g/mol. The molecule has 3 aliphatic heterocycles. The van der Waals surface area contributed by atoms with Gasteiger partial charge in [0.2, 0.25) is 12.1 Å². The van der Waals surface area contributed by atoms with Crippen molar-refractivity contribution < 1.29 is 32.8 Å². The summed E-state index contributed by atoms with van der Waals surface area (Å²) in [6, 6.07) is 14.9. The summed E-state index contributed by atoms with van der Waals surface area (Å²) in [7, 11) is 0.751. The average Bonchev–Trinajstić information content (AvgIpc) is 3.62. The Kier molecular flexibility index (Phi) is 8.90. The number of amides is 2. The summed E-state index contributed by atoms with van der Waals surface area (Å²) in [5.41, 5.74) is 3.18. The van der Waals surface area contributed by atoms with Crippen LogP contribution in [0, 0.1) is 11.7 Å². The molecule has 6 heterocycles. The van der Waals surface area contributed by atoms with Gasteiger partial charge in [0.05, 0.1) is 57.9 Å². The first-order valence-corrected chi connectivity index (χ1v) is 20.4. The van der Waals surface area contributed by atoms with E-state index in [0.29, 0.717) is 47.3 Å². The van der Waals surface area contributed by atoms with Crippen LogP contribution in [-0.2, 0) is 18.8 Å². The Morgan fingerprint density at radius 3 is 2.50 bits per heavy atom. The maximum Gasteiger partial charge on any atom is 0.494 e. The van der Waals surface area contributed by atoms with E-state index in [1.165, 1.54) is 30.9 Å².